The normalized spacial score (nSPS) is 19.7. The van der Waals surface area contributed by atoms with Crippen LogP contribution >= 0.6 is 0 Å². The molecule has 9 heteroatoms. The van der Waals surface area contributed by atoms with Crippen LogP contribution in [0, 0.1) is 0 Å². The Labute approximate surface area is 419 Å². The average Bonchev–Trinajstić information content (AvgIpc) is 3.34. The molecule has 402 valence electrons. The monoisotopic (exact) mass is 964 g/mol. The second kappa shape index (κ2) is 49.3. The third-order valence-electron chi connectivity index (χ3n) is 14.3. The maximum Gasteiger partial charge on any atom is 0.220 e. The van der Waals surface area contributed by atoms with Crippen LogP contribution < -0.4 is 5.32 Å². The lowest BCUT2D eigenvalue weighted by Crippen LogP contribution is -2.60. The molecule has 6 N–H and O–H groups in total. The van der Waals surface area contributed by atoms with E-state index in [4.69, 9.17) is 9.47 Å². The zero-order valence-electron chi connectivity index (χ0n) is 44.6. The average molecular weight is 965 g/mol. The number of rotatable bonds is 51. The predicted octanol–water partition coefficient (Wildman–Crippen LogP) is 14.6. The first-order chi connectivity index (χ1) is 33.3. The fraction of sp³-hybridized carbons (Fsp3) is 0.915. The molecule has 0 aliphatic carbocycles. The first-order valence-corrected chi connectivity index (χ1v) is 29.6. The summed E-state index contributed by atoms with van der Waals surface area (Å²) < 4.78 is 11.2. The zero-order chi connectivity index (χ0) is 49.4. The maximum atomic E-state index is 13.0. The Balaban J connectivity index is 1.98. The maximum absolute atomic E-state index is 13.0. The molecule has 1 aliphatic heterocycles. The molecular formula is C59H113NO8. The van der Waals surface area contributed by atoms with E-state index < -0.39 is 49.5 Å². The standard InChI is InChI=1S/C59H113NO8/c1-3-5-7-9-11-13-14-15-16-17-18-19-20-21-22-23-24-25-26-27-28-29-30-31-32-33-34-35-36-37-38-39-40-41-43-45-47-49-55(63)60-52(53(62)48-46-44-42-12-10-8-6-4-2)51-67-59-58(66)57(65)56(64)54(50-61)68-59/h10,12,46,48,52-54,56-59,61-62,64-66H,3-9,11,13-45,47,49-51H2,1-2H3,(H,60,63)/b12-10+,48-46+. The fourth-order valence-corrected chi connectivity index (χ4v) is 9.57. The minimum atomic E-state index is -1.57. The number of hydrogen-bond acceptors (Lipinski definition) is 8. The SMILES string of the molecule is CCCC/C=C/CC/C=C/C(O)C(COC1OC(CO)C(O)C(O)C1O)NC(=O)CCCCCCCCCCCCCCCCCCCCCCCCCCCCCCCCCCCCCCC. The van der Waals surface area contributed by atoms with Gasteiger partial charge in [-0.3, -0.25) is 4.79 Å². The van der Waals surface area contributed by atoms with Gasteiger partial charge in [0.25, 0.3) is 0 Å². The Kier molecular flexibility index (Phi) is 46.9. The van der Waals surface area contributed by atoms with Crippen molar-refractivity contribution in [2.24, 2.45) is 0 Å². The van der Waals surface area contributed by atoms with Crippen LogP contribution in [0.1, 0.15) is 290 Å². The largest absolute Gasteiger partial charge is 0.394 e. The zero-order valence-corrected chi connectivity index (χ0v) is 44.6. The van der Waals surface area contributed by atoms with Gasteiger partial charge in [-0.2, -0.15) is 0 Å². The van der Waals surface area contributed by atoms with Crippen LogP contribution in [0.5, 0.6) is 0 Å². The van der Waals surface area contributed by atoms with Crippen LogP contribution in [0.15, 0.2) is 24.3 Å². The number of allylic oxidation sites excluding steroid dienone is 3. The lowest BCUT2D eigenvalue weighted by molar-refractivity contribution is -0.302. The van der Waals surface area contributed by atoms with Crippen LogP contribution in [0.3, 0.4) is 0 Å². The van der Waals surface area contributed by atoms with E-state index in [2.05, 4.69) is 31.3 Å². The summed E-state index contributed by atoms with van der Waals surface area (Å²) in [6.07, 6.45) is 56.1. The summed E-state index contributed by atoms with van der Waals surface area (Å²) in [5.41, 5.74) is 0. The van der Waals surface area contributed by atoms with Gasteiger partial charge in [0, 0.05) is 6.42 Å². The van der Waals surface area contributed by atoms with Gasteiger partial charge in [-0.1, -0.05) is 282 Å². The first-order valence-electron chi connectivity index (χ1n) is 29.6. The van der Waals surface area contributed by atoms with Gasteiger partial charge in [-0.05, 0) is 25.7 Å². The Morgan fingerprint density at radius 3 is 1.22 bits per heavy atom. The Hall–Kier alpha value is -1.33. The van der Waals surface area contributed by atoms with Crippen molar-refractivity contribution in [3.8, 4) is 0 Å². The summed E-state index contributed by atoms with van der Waals surface area (Å²) in [6, 6.07) is -0.816. The number of ether oxygens (including phenoxy) is 2. The second-order valence-electron chi connectivity index (χ2n) is 20.8. The van der Waals surface area contributed by atoms with Gasteiger partial charge >= 0.3 is 0 Å². The first kappa shape index (κ1) is 64.7. The van der Waals surface area contributed by atoms with Gasteiger partial charge in [-0.25, -0.2) is 0 Å². The summed E-state index contributed by atoms with van der Waals surface area (Å²) in [6.45, 7) is 3.70. The van der Waals surface area contributed by atoms with Crippen molar-refractivity contribution in [2.75, 3.05) is 13.2 Å². The van der Waals surface area contributed by atoms with E-state index in [9.17, 15) is 30.3 Å². The number of nitrogens with one attached hydrogen (secondary N) is 1. The molecule has 0 aromatic carbocycles. The molecule has 0 saturated carbocycles. The van der Waals surface area contributed by atoms with Crippen molar-refractivity contribution in [3.05, 3.63) is 24.3 Å². The molecule has 0 bridgehead atoms. The van der Waals surface area contributed by atoms with Crippen molar-refractivity contribution in [1.82, 2.24) is 5.32 Å². The predicted molar refractivity (Wildman–Crippen MR) is 286 cm³/mol. The highest BCUT2D eigenvalue weighted by Crippen LogP contribution is 2.23. The van der Waals surface area contributed by atoms with Gasteiger partial charge in [0.1, 0.15) is 24.4 Å². The minimum Gasteiger partial charge on any atom is -0.394 e. The quantitative estimate of drug-likeness (QED) is 0.0261. The number of amides is 1. The lowest BCUT2D eigenvalue weighted by atomic mass is 9.99. The second-order valence-corrected chi connectivity index (χ2v) is 20.8. The fourth-order valence-electron chi connectivity index (χ4n) is 9.57. The van der Waals surface area contributed by atoms with Gasteiger partial charge in [-0.15, -0.1) is 0 Å². The lowest BCUT2D eigenvalue weighted by Gasteiger charge is -2.40. The number of aliphatic hydroxyl groups is 5. The van der Waals surface area contributed by atoms with Crippen LogP contribution in [-0.2, 0) is 14.3 Å². The van der Waals surface area contributed by atoms with E-state index >= 15 is 0 Å². The van der Waals surface area contributed by atoms with E-state index in [0.717, 1.165) is 44.9 Å². The van der Waals surface area contributed by atoms with Crippen LogP contribution in [0.2, 0.25) is 0 Å². The number of carbonyl (C=O) groups excluding carboxylic acids is 1. The molecule has 1 heterocycles. The molecule has 0 aromatic heterocycles. The van der Waals surface area contributed by atoms with E-state index in [0.29, 0.717) is 6.42 Å². The number of aliphatic hydroxyl groups excluding tert-OH is 5. The molecule has 1 rings (SSSR count). The molecule has 1 fully saturated rings. The number of carbonyl (C=O) groups is 1. The molecule has 0 spiro atoms. The van der Waals surface area contributed by atoms with Gasteiger partial charge in [0.15, 0.2) is 6.29 Å². The number of hydrogen-bond donors (Lipinski definition) is 6. The Morgan fingerprint density at radius 1 is 0.485 bits per heavy atom. The van der Waals surface area contributed by atoms with Crippen molar-refractivity contribution in [1.29, 1.82) is 0 Å². The summed E-state index contributed by atoms with van der Waals surface area (Å²) >= 11 is 0. The Bertz CT molecular complexity index is 1120. The highest BCUT2D eigenvalue weighted by molar-refractivity contribution is 5.76. The molecule has 7 unspecified atom stereocenters. The topological polar surface area (TPSA) is 149 Å². The molecule has 1 aliphatic rings. The summed E-state index contributed by atoms with van der Waals surface area (Å²) in [5.74, 6) is -0.185. The third kappa shape index (κ3) is 38.4. The van der Waals surface area contributed by atoms with E-state index in [1.807, 2.05) is 6.08 Å². The van der Waals surface area contributed by atoms with E-state index in [1.54, 1.807) is 6.08 Å². The molecule has 1 saturated heterocycles. The highest BCUT2D eigenvalue weighted by Gasteiger charge is 2.44. The van der Waals surface area contributed by atoms with Gasteiger partial charge < -0.3 is 40.3 Å². The molecule has 0 radical (unpaired) electrons. The van der Waals surface area contributed by atoms with E-state index in [-0.39, 0.29) is 12.5 Å². The summed E-state index contributed by atoms with van der Waals surface area (Å²) in [4.78, 5) is 13.0. The summed E-state index contributed by atoms with van der Waals surface area (Å²) in [7, 11) is 0. The number of unbranched alkanes of at least 4 members (excludes halogenated alkanes) is 39. The van der Waals surface area contributed by atoms with Crippen molar-refractivity contribution >= 4 is 5.91 Å². The molecule has 7 atom stereocenters. The third-order valence-corrected chi connectivity index (χ3v) is 14.3. The summed E-state index contributed by atoms with van der Waals surface area (Å²) in [5, 5.41) is 54.1. The van der Waals surface area contributed by atoms with Crippen molar-refractivity contribution in [3.63, 3.8) is 0 Å². The molecular weight excluding hydrogens is 851 g/mol. The molecule has 68 heavy (non-hydrogen) atoms. The van der Waals surface area contributed by atoms with Crippen LogP contribution in [0.4, 0.5) is 0 Å². The smallest absolute Gasteiger partial charge is 0.220 e. The molecule has 0 aromatic rings. The Morgan fingerprint density at radius 2 is 0.838 bits per heavy atom. The van der Waals surface area contributed by atoms with Crippen molar-refractivity contribution < 1.29 is 39.8 Å². The minimum absolute atomic E-state index is 0.185. The molecule has 1 amide bonds. The van der Waals surface area contributed by atoms with Gasteiger partial charge in [0.05, 0.1) is 25.4 Å². The van der Waals surface area contributed by atoms with Crippen LogP contribution in [0.25, 0.3) is 0 Å². The van der Waals surface area contributed by atoms with E-state index in [1.165, 1.54) is 225 Å². The van der Waals surface area contributed by atoms with Crippen LogP contribution in [-0.4, -0.2) is 87.5 Å². The van der Waals surface area contributed by atoms with Crippen molar-refractivity contribution in [2.45, 2.75) is 333 Å². The van der Waals surface area contributed by atoms with Gasteiger partial charge in [0.2, 0.25) is 5.91 Å². The molecule has 9 nitrogen and oxygen atoms in total. The highest BCUT2D eigenvalue weighted by atomic mass is 16.7.